The molecule has 33 heavy (non-hydrogen) atoms. The minimum absolute atomic E-state index is 0.00672. The number of halogens is 2. The molecule has 0 spiro atoms. The molecule has 0 unspecified atom stereocenters. The van der Waals surface area contributed by atoms with Crippen molar-refractivity contribution in [3.63, 3.8) is 0 Å². The predicted octanol–water partition coefficient (Wildman–Crippen LogP) is 6.28. The summed E-state index contributed by atoms with van der Waals surface area (Å²) < 4.78 is 23.2. The van der Waals surface area contributed by atoms with Gasteiger partial charge in [0.1, 0.15) is 0 Å². The lowest BCUT2D eigenvalue weighted by Crippen LogP contribution is -2.35. The van der Waals surface area contributed by atoms with Gasteiger partial charge in [-0.3, -0.25) is 4.90 Å². The summed E-state index contributed by atoms with van der Waals surface area (Å²) in [6.45, 7) is 1.59. The van der Waals surface area contributed by atoms with Crippen LogP contribution in [-0.2, 0) is 13.0 Å². The molecule has 0 fully saturated rings. The molecule has 0 radical (unpaired) electrons. The van der Waals surface area contributed by atoms with Crippen LogP contribution in [-0.4, -0.2) is 39.9 Å². The first-order valence-electron chi connectivity index (χ1n) is 10.6. The highest BCUT2D eigenvalue weighted by molar-refractivity contribution is 9.10. The fourth-order valence-corrected chi connectivity index (χ4v) is 5.12. The molecule has 0 aromatic heterocycles. The van der Waals surface area contributed by atoms with Crippen molar-refractivity contribution >= 4 is 27.5 Å². The summed E-state index contributed by atoms with van der Waals surface area (Å²) in [5.74, 6) is 2.87. The summed E-state index contributed by atoms with van der Waals surface area (Å²) in [6.07, 6.45) is 0.900. The van der Waals surface area contributed by atoms with Gasteiger partial charge >= 0.3 is 0 Å². The van der Waals surface area contributed by atoms with Crippen molar-refractivity contribution in [2.75, 3.05) is 35.0 Å². The number of rotatable bonds is 7. The number of hydrogen-bond acceptors (Lipinski definition) is 5. The zero-order chi connectivity index (χ0) is 23.5. The topological polar surface area (TPSA) is 40.2 Å². The van der Waals surface area contributed by atoms with Gasteiger partial charge in [-0.15, -0.1) is 0 Å². The first-order valence-corrected chi connectivity index (χ1v) is 11.8. The van der Waals surface area contributed by atoms with Crippen LogP contribution in [0.5, 0.6) is 23.0 Å². The van der Waals surface area contributed by atoms with E-state index in [0.717, 1.165) is 40.1 Å². The van der Waals surface area contributed by atoms with Crippen LogP contribution in [0, 0.1) is 0 Å². The maximum Gasteiger partial charge on any atom is 0.161 e. The van der Waals surface area contributed by atoms with E-state index in [1.165, 1.54) is 11.1 Å². The van der Waals surface area contributed by atoms with Crippen molar-refractivity contribution in [1.29, 1.82) is 0 Å². The normalized spacial score (nSPS) is 15.6. The fraction of sp³-hybridized carbons (Fsp3) is 0.308. The average Bonchev–Trinajstić information content (AvgIpc) is 2.83. The summed E-state index contributed by atoms with van der Waals surface area (Å²) in [7, 11) is 6.63. The van der Waals surface area contributed by atoms with Crippen LogP contribution in [0.3, 0.4) is 0 Å². The first kappa shape index (κ1) is 23.7. The summed E-state index contributed by atoms with van der Waals surface area (Å²) >= 11 is 10.1. The van der Waals surface area contributed by atoms with Gasteiger partial charge in [0.15, 0.2) is 23.0 Å². The molecule has 0 aliphatic carbocycles. The fourth-order valence-electron chi connectivity index (χ4n) is 4.47. The van der Waals surface area contributed by atoms with E-state index < -0.39 is 0 Å². The number of hydrogen-bond donors (Lipinski definition) is 0. The standard InChI is InChI=1S/C26H27BrClNO4/c1-30-22-11-16-8-9-29(15-18-12-23(31-2)25(33-4)14-21(18)27)26(20(16)13-24(22)32-3)17-6-5-7-19(28)10-17/h5-7,10-14,26H,8-9,15H2,1-4H3/t26-/m0/s1. The van der Waals surface area contributed by atoms with Crippen LogP contribution in [0.4, 0.5) is 0 Å². The monoisotopic (exact) mass is 531 g/mol. The Morgan fingerprint density at radius 2 is 1.52 bits per heavy atom. The second kappa shape index (κ2) is 10.2. The molecule has 1 heterocycles. The molecule has 0 amide bonds. The number of ether oxygens (including phenoxy) is 4. The third-order valence-corrected chi connectivity index (χ3v) is 7.04. The Hall–Kier alpha value is -2.41. The third-order valence-electron chi connectivity index (χ3n) is 6.06. The molecule has 1 aliphatic rings. The molecule has 1 atom stereocenters. The van der Waals surface area contributed by atoms with Crippen molar-refractivity contribution in [3.8, 4) is 23.0 Å². The smallest absolute Gasteiger partial charge is 0.161 e. The van der Waals surface area contributed by atoms with Crippen LogP contribution >= 0.6 is 27.5 Å². The Labute approximate surface area is 208 Å². The van der Waals surface area contributed by atoms with Gasteiger partial charge in [-0.05, 0) is 65.1 Å². The molecule has 0 N–H and O–H groups in total. The minimum atomic E-state index is 0.00672. The maximum atomic E-state index is 6.40. The second-order valence-electron chi connectivity index (χ2n) is 7.88. The van der Waals surface area contributed by atoms with Gasteiger partial charge in [0, 0.05) is 22.6 Å². The summed E-state index contributed by atoms with van der Waals surface area (Å²) in [5.41, 5.74) is 4.69. The molecule has 1 aliphatic heterocycles. The molecule has 0 saturated heterocycles. The molecular weight excluding hydrogens is 506 g/mol. The highest BCUT2D eigenvalue weighted by atomic mass is 79.9. The van der Waals surface area contributed by atoms with E-state index in [1.807, 2.05) is 30.3 Å². The maximum absolute atomic E-state index is 6.40. The van der Waals surface area contributed by atoms with E-state index in [-0.39, 0.29) is 6.04 Å². The Morgan fingerprint density at radius 1 is 0.879 bits per heavy atom. The van der Waals surface area contributed by atoms with Crippen LogP contribution < -0.4 is 18.9 Å². The molecule has 3 aromatic carbocycles. The Balaban J connectivity index is 1.80. The van der Waals surface area contributed by atoms with Crippen LogP contribution in [0.2, 0.25) is 5.02 Å². The van der Waals surface area contributed by atoms with E-state index in [0.29, 0.717) is 23.1 Å². The van der Waals surface area contributed by atoms with Crippen molar-refractivity contribution in [1.82, 2.24) is 4.90 Å². The molecule has 0 bridgehead atoms. The zero-order valence-electron chi connectivity index (χ0n) is 19.2. The lowest BCUT2D eigenvalue weighted by Gasteiger charge is -2.38. The molecule has 3 aromatic rings. The first-order chi connectivity index (χ1) is 16.0. The van der Waals surface area contributed by atoms with E-state index >= 15 is 0 Å². The Kier molecular flexibility index (Phi) is 7.37. The van der Waals surface area contributed by atoms with Crippen molar-refractivity contribution in [2.24, 2.45) is 0 Å². The summed E-state index contributed by atoms with van der Waals surface area (Å²) in [4.78, 5) is 2.45. The van der Waals surface area contributed by atoms with Crippen molar-refractivity contribution < 1.29 is 18.9 Å². The van der Waals surface area contributed by atoms with E-state index in [1.54, 1.807) is 28.4 Å². The van der Waals surface area contributed by atoms with E-state index in [9.17, 15) is 0 Å². The van der Waals surface area contributed by atoms with Gasteiger partial charge in [0.25, 0.3) is 0 Å². The Bertz CT molecular complexity index is 1150. The van der Waals surface area contributed by atoms with Gasteiger partial charge in [0.05, 0.1) is 34.5 Å². The van der Waals surface area contributed by atoms with Gasteiger partial charge in [-0.25, -0.2) is 0 Å². The number of methoxy groups -OCH3 is 4. The molecule has 7 heteroatoms. The van der Waals surface area contributed by atoms with Gasteiger partial charge < -0.3 is 18.9 Å². The zero-order valence-corrected chi connectivity index (χ0v) is 21.5. The number of fused-ring (bicyclic) bond motifs is 1. The molecule has 4 rings (SSSR count). The van der Waals surface area contributed by atoms with E-state index in [4.69, 9.17) is 30.5 Å². The summed E-state index contributed by atoms with van der Waals surface area (Å²) in [5, 5.41) is 0.715. The quantitative estimate of drug-likeness (QED) is 0.358. The third kappa shape index (κ3) is 4.79. The van der Waals surface area contributed by atoms with Gasteiger partial charge in [-0.2, -0.15) is 0 Å². The SMILES string of the molecule is COc1cc(Br)c(CN2CCc3cc(OC)c(OC)cc3[C@@H]2c2cccc(Cl)c2)cc1OC. The van der Waals surface area contributed by atoms with E-state index in [2.05, 4.69) is 39.0 Å². The lowest BCUT2D eigenvalue weighted by atomic mass is 9.87. The highest BCUT2D eigenvalue weighted by Gasteiger charge is 2.31. The van der Waals surface area contributed by atoms with Gasteiger partial charge in [-0.1, -0.05) is 39.7 Å². The van der Waals surface area contributed by atoms with Crippen molar-refractivity contribution in [3.05, 3.63) is 80.3 Å². The highest BCUT2D eigenvalue weighted by Crippen LogP contribution is 2.43. The van der Waals surface area contributed by atoms with Crippen LogP contribution in [0.25, 0.3) is 0 Å². The Morgan fingerprint density at radius 3 is 2.18 bits per heavy atom. The predicted molar refractivity (Wildman–Crippen MR) is 134 cm³/mol. The molecule has 0 saturated carbocycles. The molecule has 5 nitrogen and oxygen atoms in total. The molecular formula is C26H27BrClNO4. The largest absolute Gasteiger partial charge is 0.493 e. The number of nitrogens with zero attached hydrogens (tertiary/aromatic N) is 1. The second-order valence-corrected chi connectivity index (χ2v) is 9.17. The van der Waals surface area contributed by atoms with Crippen molar-refractivity contribution in [2.45, 2.75) is 19.0 Å². The summed E-state index contributed by atoms with van der Waals surface area (Å²) in [6, 6.07) is 16.2. The van der Waals surface area contributed by atoms with Crippen LogP contribution in [0.15, 0.2) is 53.0 Å². The lowest BCUT2D eigenvalue weighted by molar-refractivity contribution is 0.202. The van der Waals surface area contributed by atoms with Gasteiger partial charge in [0.2, 0.25) is 0 Å². The average molecular weight is 533 g/mol. The minimum Gasteiger partial charge on any atom is -0.493 e. The molecule has 174 valence electrons. The number of benzene rings is 3. The van der Waals surface area contributed by atoms with Crippen LogP contribution in [0.1, 0.15) is 28.3 Å².